The van der Waals surface area contributed by atoms with Crippen molar-refractivity contribution in [2.75, 3.05) is 0 Å². The number of carbonyl (C=O) groups excluding carboxylic acids is 1. The largest absolute Gasteiger partial charge is 0.365 e. The first kappa shape index (κ1) is 15.4. The molecule has 0 atom stereocenters. The van der Waals surface area contributed by atoms with Gasteiger partial charge >= 0.3 is 0 Å². The van der Waals surface area contributed by atoms with E-state index in [0.717, 1.165) is 10.7 Å². The zero-order valence-electron chi connectivity index (χ0n) is 11.8. The average molecular weight is 302 g/mol. The molecule has 1 heterocycles. The van der Waals surface area contributed by atoms with E-state index in [0.29, 0.717) is 24.1 Å². The van der Waals surface area contributed by atoms with Gasteiger partial charge in [-0.2, -0.15) is 0 Å². The van der Waals surface area contributed by atoms with Crippen LogP contribution in [0, 0.1) is 5.92 Å². The molecule has 2 rings (SSSR count). The average Bonchev–Trinajstić information content (AvgIpc) is 2.76. The van der Waals surface area contributed by atoms with Crippen LogP contribution in [0.15, 0.2) is 0 Å². The third-order valence-electron chi connectivity index (χ3n) is 3.77. The highest BCUT2D eigenvalue weighted by molar-refractivity contribution is 7.13. The first-order valence-corrected chi connectivity index (χ1v) is 7.77. The molecule has 6 heteroatoms. The highest BCUT2D eigenvalue weighted by Crippen LogP contribution is 2.38. The summed E-state index contributed by atoms with van der Waals surface area (Å²) < 4.78 is 26.2. The van der Waals surface area contributed by atoms with Gasteiger partial charge in [-0.3, -0.25) is 4.79 Å². The molecule has 2 N–H and O–H groups in total. The van der Waals surface area contributed by atoms with E-state index in [4.69, 9.17) is 5.73 Å². The van der Waals surface area contributed by atoms with Gasteiger partial charge < -0.3 is 5.73 Å². The molecule has 3 nitrogen and oxygen atoms in total. The molecule has 20 heavy (non-hydrogen) atoms. The Morgan fingerprint density at radius 2 is 2.05 bits per heavy atom. The van der Waals surface area contributed by atoms with E-state index in [1.54, 1.807) is 0 Å². The Kier molecular flexibility index (Phi) is 4.42. The quantitative estimate of drug-likeness (QED) is 0.921. The third kappa shape index (κ3) is 3.53. The van der Waals surface area contributed by atoms with Gasteiger partial charge in [0.2, 0.25) is 5.92 Å². The van der Waals surface area contributed by atoms with Gasteiger partial charge in [-0.25, -0.2) is 13.8 Å². The van der Waals surface area contributed by atoms with E-state index < -0.39 is 11.8 Å². The molecule has 0 spiro atoms. The molecule has 1 aromatic heterocycles. The van der Waals surface area contributed by atoms with Crippen LogP contribution < -0.4 is 5.73 Å². The van der Waals surface area contributed by atoms with Gasteiger partial charge in [0.1, 0.15) is 4.88 Å². The zero-order chi connectivity index (χ0) is 14.9. The molecule has 1 aliphatic carbocycles. The van der Waals surface area contributed by atoms with Crippen molar-refractivity contribution in [1.29, 1.82) is 0 Å². The van der Waals surface area contributed by atoms with E-state index >= 15 is 0 Å². The van der Waals surface area contributed by atoms with Crippen LogP contribution in [0.25, 0.3) is 0 Å². The summed E-state index contributed by atoms with van der Waals surface area (Å²) in [6.45, 7) is 3.93. The van der Waals surface area contributed by atoms with Crippen LogP contribution in [-0.4, -0.2) is 16.8 Å². The number of carbonyl (C=O) groups is 1. The highest BCUT2D eigenvalue weighted by atomic mass is 32.1. The number of halogens is 2. The van der Waals surface area contributed by atoms with Gasteiger partial charge in [-0.1, -0.05) is 13.8 Å². The van der Waals surface area contributed by atoms with Crippen molar-refractivity contribution >= 4 is 17.2 Å². The summed E-state index contributed by atoms with van der Waals surface area (Å²) in [5.74, 6) is -2.58. The number of hydrogen-bond donors (Lipinski definition) is 1. The molecule has 1 aliphatic rings. The molecule has 0 aliphatic heterocycles. The second-order valence-electron chi connectivity index (χ2n) is 5.84. The van der Waals surface area contributed by atoms with Crippen molar-refractivity contribution in [3.8, 4) is 0 Å². The van der Waals surface area contributed by atoms with Crippen LogP contribution in [-0.2, 0) is 6.42 Å². The normalized spacial score (nSPS) is 19.4. The summed E-state index contributed by atoms with van der Waals surface area (Å²) in [5.41, 5.74) is 6.10. The minimum atomic E-state index is -2.50. The fourth-order valence-electron chi connectivity index (χ4n) is 2.58. The Morgan fingerprint density at radius 3 is 2.50 bits per heavy atom. The van der Waals surface area contributed by atoms with E-state index in [2.05, 4.69) is 4.98 Å². The van der Waals surface area contributed by atoms with Gasteiger partial charge in [-0.05, 0) is 24.7 Å². The van der Waals surface area contributed by atoms with Gasteiger partial charge in [-0.15, -0.1) is 11.3 Å². The SMILES string of the molecule is CC(C)c1nc(CC2CCC(F)(F)CC2)sc1C(N)=O. The van der Waals surface area contributed by atoms with Crippen LogP contribution >= 0.6 is 11.3 Å². The first-order chi connectivity index (χ1) is 9.28. The number of aromatic nitrogens is 1. The number of thiazole rings is 1. The standard InChI is InChI=1S/C14H20F2N2OS/c1-8(2)11-12(13(17)19)20-10(18-11)7-9-3-5-14(15,16)6-4-9/h8-9H,3-7H2,1-2H3,(H2,17,19). The topological polar surface area (TPSA) is 56.0 Å². The second-order valence-corrected chi connectivity index (χ2v) is 6.93. The van der Waals surface area contributed by atoms with Crippen LogP contribution in [0.1, 0.15) is 65.8 Å². The first-order valence-electron chi connectivity index (χ1n) is 6.96. The van der Waals surface area contributed by atoms with Crippen LogP contribution in [0.4, 0.5) is 8.78 Å². The fraction of sp³-hybridized carbons (Fsp3) is 0.714. The molecule has 0 radical (unpaired) electrons. The van der Waals surface area contributed by atoms with Crippen molar-refractivity contribution in [2.24, 2.45) is 11.7 Å². The van der Waals surface area contributed by atoms with E-state index in [1.165, 1.54) is 11.3 Å². The summed E-state index contributed by atoms with van der Waals surface area (Å²) in [7, 11) is 0. The Bertz CT molecular complexity index is 489. The molecule has 0 unspecified atom stereocenters. The van der Waals surface area contributed by atoms with E-state index in [9.17, 15) is 13.6 Å². The van der Waals surface area contributed by atoms with Gasteiger partial charge in [0.15, 0.2) is 0 Å². The van der Waals surface area contributed by atoms with E-state index in [-0.39, 0.29) is 24.7 Å². The predicted octanol–water partition coefficient (Wildman–Crippen LogP) is 3.73. The minimum Gasteiger partial charge on any atom is -0.365 e. The molecule has 1 fully saturated rings. The lowest BCUT2D eigenvalue weighted by atomic mass is 9.85. The number of nitrogens with two attached hydrogens (primary N) is 1. The number of alkyl halides is 2. The molecular formula is C14H20F2N2OS. The summed E-state index contributed by atoms with van der Waals surface area (Å²) in [6, 6.07) is 0. The van der Waals surface area contributed by atoms with Crippen molar-refractivity contribution in [1.82, 2.24) is 4.98 Å². The summed E-state index contributed by atoms with van der Waals surface area (Å²) in [5, 5.41) is 0.845. The monoisotopic (exact) mass is 302 g/mol. The van der Waals surface area contributed by atoms with Crippen LogP contribution in [0.3, 0.4) is 0 Å². The third-order valence-corrected chi connectivity index (χ3v) is 4.88. The maximum atomic E-state index is 13.1. The number of hydrogen-bond acceptors (Lipinski definition) is 3. The number of primary amides is 1. The van der Waals surface area contributed by atoms with E-state index in [1.807, 2.05) is 13.8 Å². The number of amides is 1. The Hall–Kier alpha value is -1.04. The second kappa shape index (κ2) is 5.76. The Balaban J connectivity index is 2.07. The predicted molar refractivity (Wildman–Crippen MR) is 75.3 cm³/mol. The van der Waals surface area contributed by atoms with Crippen LogP contribution in [0.2, 0.25) is 0 Å². The lowest BCUT2D eigenvalue weighted by Crippen LogP contribution is -2.25. The zero-order valence-corrected chi connectivity index (χ0v) is 12.6. The summed E-state index contributed by atoms with van der Waals surface area (Å²) in [4.78, 5) is 16.4. The van der Waals surface area contributed by atoms with Crippen molar-refractivity contribution in [3.05, 3.63) is 15.6 Å². The Labute approximate surface area is 121 Å². The van der Waals surface area contributed by atoms with Gasteiger partial charge in [0.25, 0.3) is 5.91 Å². The smallest absolute Gasteiger partial charge is 0.260 e. The number of nitrogens with zero attached hydrogens (tertiary/aromatic N) is 1. The van der Waals surface area contributed by atoms with Crippen molar-refractivity contribution in [2.45, 2.75) is 57.8 Å². The maximum Gasteiger partial charge on any atom is 0.260 e. The molecule has 0 bridgehead atoms. The molecule has 0 aromatic carbocycles. The fourth-order valence-corrected chi connectivity index (χ4v) is 3.77. The molecular weight excluding hydrogens is 282 g/mol. The van der Waals surface area contributed by atoms with Gasteiger partial charge in [0, 0.05) is 19.3 Å². The Morgan fingerprint density at radius 1 is 1.45 bits per heavy atom. The summed E-state index contributed by atoms with van der Waals surface area (Å²) in [6.07, 6.45) is 1.64. The number of rotatable bonds is 4. The molecule has 112 valence electrons. The minimum absolute atomic E-state index is 0.0389. The summed E-state index contributed by atoms with van der Waals surface area (Å²) >= 11 is 1.32. The molecule has 1 saturated carbocycles. The maximum absolute atomic E-state index is 13.1. The molecule has 0 saturated heterocycles. The van der Waals surface area contributed by atoms with Gasteiger partial charge in [0.05, 0.1) is 10.7 Å². The lowest BCUT2D eigenvalue weighted by Gasteiger charge is -2.27. The molecule has 1 amide bonds. The van der Waals surface area contributed by atoms with Crippen molar-refractivity contribution in [3.63, 3.8) is 0 Å². The highest BCUT2D eigenvalue weighted by Gasteiger charge is 2.35. The lowest BCUT2D eigenvalue weighted by molar-refractivity contribution is -0.0456. The van der Waals surface area contributed by atoms with Crippen LogP contribution in [0.5, 0.6) is 0 Å². The molecule has 1 aromatic rings. The van der Waals surface area contributed by atoms with Crippen molar-refractivity contribution < 1.29 is 13.6 Å².